The van der Waals surface area contributed by atoms with Crippen LogP contribution in [0, 0.1) is 0 Å². The molecule has 1 aliphatic carbocycles. The van der Waals surface area contributed by atoms with Gasteiger partial charge < -0.3 is 10.3 Å². The van der Waals surface area contributed by atoms with E-state index in [4.69, 9.17) is 5.73 Å². The van der Waals surface area contributed by atoms with Gasteiger partial charge in [-0.05, 0) is 30.7 Å². The zero-order valence-corrected chi connectivity index (χ0v) is 9.91. The van der Waals surface area contributed by atoms with Crippen molar-refractivity contribution in [2.75, 3.05) is 0 Å². The van der Waals surface area contributed by atoms with Gasteiger partial charge in [0.15, 0.2) is 0 Å². The first-order valence-corrected chi connectivity index (χ1v) is 6.53. The fraction of sp³-hybridized carbons (Fsp3) is 0.417. The number of nitrogens with two attached hydrogens (primary N) is 1. The summed E-state index contributed by atoms with van der Waals surface area (Å²) in [5.41, 5.74) is 8.70. The number of nitrogens with zero attached hydrogens (tertiary/aromatic N) is 2. The number of rotatable bonds is 3. The van der Waals surface area contributed by atoms with E-state index in [1.807, 2.05) is 12.5 Å². The van der Waals surface area contributed by atoms with Crippen molar-refractivity contribution in [3.05, 3.63) is 29.4 Å². The Bertz CT molecular complexity index is 468. The topological polar surface area (TPSA) is 43.8 Å². The van der Waals surface area contributed by atoms with Crippen LogP contribution in [-0.2, 0) is 6.54 Å². The third kappa shape index (κ3) is 1.68. The highest BCUT2D eigenvalue weighted by atomic mass is 32.1. The Kier molecular flexibility index (Phi) is 2.33. The second kappa shape index (κ2) is 3.71. The number of hydrogen-bond donors (Lipinski definition) is 1. The first-order valence-electron chi connectivity index (χ1n) is 5.58. The maximum Gasteiger partial charge on any atom is 0.0951 e. The van der Waals surface area contributed by atoms with Gasteiger partial charge in [0.2, 0.25) is 0 Å². The molecule has 0 saturated heterocycles. The molecular weight excluding hydrogens is 218 g/mol. The first-order chi connectivity index (χ1) is 7.77. The molecule has 1 saturated carbocycles. The lowest BCUT2D eigenvalue weighted by Crippen LogP contribution is -2.49. The maximum atomic E-state index is 6.27. The van der Waals surface area contributed by atoms with Crippen LogP contribution in [0.5, 0.6) is 0 Å². The van der Waals surface area contributed by atoms with Crippen LogP contribution in [0.4, 0.5) is 0 Å². The highest BCUT2D eigenvalue weighted by Crippen LogP contribution is 2.32. The summed E-state index contributed by atoms with van der Waals surface area (Å²) in [6.07, 6.45) is 7.34. The van der Waals surface area contributed by atoms with E-state index in [0.29, 0.717) is 0 Å². The molecule has 16 heavy (non-hydrogen) atoms. The molecule has 1 fully saturated rings. The van der Waals surface area contributed by atoms with Crippen molar-refractivity contribution in [2.24, 2.45) is 5.73 Å². The van der Waals surface area contributed by atoms with Gasteiger partial charge >= 0.3 is 0 Å². The lowest BCUT2D eigenvalue weighted by atomic mass is 9.77. The monoisotopic (exact) mass is 233 g/mol. The van der Waals surface area contributed by atoms with Gasteiger partial charge in [-0.25, -0.2) is 4.98 Å². The molecule has 2 aromatic heterocycles. The largest absolute Gasteiger partial charge is 0.329 e. The third-order valence-electron chi connectivity index (χ3n) is 3.36. The van der Waals surface area contributed by atoms with Crippen LogP contribution in [0.1, 0.15) is 19.3 Å². The first kappa shape index (κ1) is 10.1. The van der Waals surface area contributed by atoms with E-state index >= 15 is 0 Å². The molecule has 0 bridgehead atoms. The molecule has 3 rings (SSSR count). The highest BCUT2D eigenvalue weighted by Gasteiger charge is 2.33. The predicted octanol–water partition coefficient (Wildman–Crippen LogP) is 2.49. The van der Waals surface area contributed by atoms with E-state index in [1.54, 1.807) is 11.3 Å². The predicted molar refractivity (Wildman–Crippen MR) is 66.3 cm³/mol. The van der Waals surface area contributed by atoms with Gasteiger partial charge in [-0.15, -0.1) is 0 Å². The van der Waals surface area contributed by atoms with Crippen molar-refractivity contribution >= 4 is 11.3 Å². The Labute approximate surface area is 98.9 Å². The normalized spacial score (nSPS) is 18.3. The Morgan fingerprint density at radius 2 is 2.38 bits per heavy atom. The molecule has 2 aromatic rings. The minimum Gasteiger partial charge on any atom is -0.329 e. The fourth-order valence-electron chi connectivity index (χ4n) is 2.23. The van der Waals surface area contributed by atoms with E-state index in [9.17, 15) is 0 Å². The van der Waals surface area contributed by atoms with Gasteiger partial charge in [-0.2, -0.15) is 11.3 Å². The van der Waals surface area contributed by atoms with Crippen LogP contribution < -0.4 is 5.73 Å². The molecule has 1 aliphatic rings. The third-order valence-corrected chi connectivity index (χ3v) is 4.05. The molecule has 2 N–H and O–H groups in total. The highest BCUT2D eigenvalue weighted by molar-refractivity contribution is 7.08. The smallest absolute Gasteiger partial charge is 0.0951 e. The van der Waals surface area contributed by atoms with Gasteiger partial charge in [-0.3, -0.25) is 0 Å². The van der Waals surface area contributed by atoms with Crippen molar-refractivity contribution in [1.82, 2.24) is 9.55 Å². The maximum absolute atomic E-state index is 6.27. The number of imidazole rings is 1. The molecule has 0 amide bonds. The van der Waals surface area contributed by atoms with Crippen molar-refractivity contribution in [2.45, 2.75) is 31.3 Å². The van der Waals surface area contributed by atoms with Crippen molar-refractivity contribution in [3.63, 3.8) is 0 Å². The Morgan fingerprint density at radius 1 is 1.50 bits per heavy atom. The molecule has 0 aliphatic heterocycles. The molecule has 4 heteroatoms. The summed E-state index contributed by atoms with van der Waals surface area (Å²) in [5.74, 6) is 0. The van der Waals surface area contributed by atoms with Crippen LogP contribution in [-0.4, -0.2) is 15.1 Å². The molecule has 2 heterocycles. The molecular formula is C12H15N3S. The average Bonchev–Trinajstić information content (AvgIpc) is 2.83. The Hall–Kier alpha value is -1.13. The molecule has 0 aromatic carbocycles. The summed E-state index contributed by atoms with van der Waals surface area (Å²) in [4.78, 5) is 4.23. The van der Waals surface area contributed by atoms with E-state index < -0.39 is 0 Å². The molecule has 0 unspecified atom stereocenters. The van der Waals surface area contributed by atoms with Crippen LogP contribution in [0.25, 0.3) is 11.3 Å². The molecule has 3 nitrogen and oxygen atoms in total. The van der Waals surface area contributed by atoms with E-state index in [1.165, 1.54) is 17.7 Å². The minimum absolute atomic E-state index is 0.00543. The Morgan fingerprint density at radius 3 is 3.00 bits per heavy atom. The van der Waals surface area contributed by atoms with Crippen LogP contribution >= 0.6 is 11.3 Å². The van der Waals surface area contributed by atoms with Gasteiger partial charge in [0.05, 0.1) is 18.2 Å². The lowest BCUT2D eigenvalue weighted by molar-refractivity contribution is 0.216. The zero-order valence-electron chi connectivity index (χ0n) is 9.10. The minimum atomic E-state index is 0.00543. The van der Waals surface area contributed by atoms with Gasteiger partial charge in [0.1, 0.15) is 0 Å². The summed E-state index contributed by atoms with van der Waals surface area (Å²) in [5, 5.41) is 4.24. The number of thiophene rings is 1. The zero-order chi connectivity index (χ0) is 11.0. The summed E-state index contributed by atoms with van der Waals surface area (Å²) in [7, 11) is 0. The fourth-order valence-corrected chi connectivity index (χ4v) is 2.88. The number of aromatic nitrogens is 2. The average molecular weight is 233 g/mol. The quantitative estimate of drug-likeness (QED) is 0.885. The molecule has 0 atom stereocenters. The summed E-state index contributed by atoms with van der Waals surface area (Å²) < 4.78 is 2.18. The van der Waals surface area contributed by atoms with Crippen LogP contribution in [0.3, 0.4) is 0 Å². The van der Waals surface area contributed by atoms with Crippen molar-refractivity contribution in [1.29, 1.82) is 0 Å². The summed E-state index contributed by atoms with van der Waals surface area (Å²) >= 11 is 1.71. The molecule has 84 valence electrons. The second-order valence-electron chi connectivity index (χ2n) is 4.63. The summed E-state index contributed by atoms with van der Waals surface area (Å²) in [6.45, 7) is 0.887. The van der Waals surface area contributed by atoms with E-state index in [-0.39, 0.29) is 5.54 Å². The Balaban J connectivity index is 1.88. The summed E-state index contributed by atoms with van der Waals surface area (Å²) in [6, 6.07) is 2.13. The van der Waals surface area contributed by atoms with Crippen molar-refractivity contribution < 1.29 is 0 Å². The number of hydrogen-bond acceptors (Lipinski definition) is 3. The van der Waals surface area contributed by atoms with Gasteiger partial charge in [0.25, 0.3) is 0 Å². The standard InChI is InChI=1S/C12H15N3S/c13-12(3-1-4-12)8-15-9-14-6-11(15)10-2-5-16-7-10/h2,5-7,9H,1,3-4,8,13H2. The SMILES string of the molecule is NC1(Cn2cncc2-c2ccsc2)CCC1. The van der Waals surface area contributed by atoms with Gasteiger partial charge in [0, 0.05) is 23.0 Å². The van der Waals surface area contributed by atoms with Crippen LogP contribution in [0.2, 0.25) is 0 Å². The van der Waals surface area contributed by atoms with E-state index in [2.05, 4.69) is 26.4 Å². The molecule has 0 spiro atoms. The van der Waals surface area contributed by atoms with Crippen LogP contribution in [0.15, 0.2) is 29.4 Å². The molecule has 0 radical (unpaired) electrons. The van der Waals surface area contributed by atoms with Gasteiger partial charge in [-0.1, -0.05) is 0 Å². The lowest BCUT2D eigenvalue weighted by Gasteiger charge is -2.38. The van der Waals surface area contributed by atoms with E-state index in [0.717, 1.165) is 19.4 Å². The second-order valence-corrected chi connectivity index (χ2v) is 5.41. The van der Waals surface area contributed by atoms with Crippen molar-refractivity contribution in [3.8, 4) is 11.3 Å².